The number of likely N-dealkylation sites (N-methyl/N-ethyl adjacent to an activating group) is 1. The fraction of sp³-hybridized carbons (Fsp3) is 0.647. The van der Waals surface area contributed by atoms with Gasteiger partial charge in [0, 0.05) is 112 Å². The molecule has 0 amide bonds. The molecule has 71 heavy (non-hydrogen) atoms. The molecule has 0 bridgehead atoms. The third-order valence-electron chi connectivity index (χ3n) is 14.8. The Hall–Kier alpha value is -4.13. The third kappa shape index (κ3) is 13.0. The lowest BCUT2D eigenvalue weighted by Crippen LogP contribution is -2.66. The van der Waals surface area contributed by atoms with Crippen LogP contribution in [-0.2, 0) is 68.8 Å². The number of unbranched alkanes of at least 4 members (excludes halogenated alkanes) is 1. The van der Waals surface area contributed by atoms with E-state index in [0.717, 1.165) is 35.5 Å². The molecule has 20 heteroatoms. The Balaban J connectivity index is 1.06. The number of nitrogens with zero attached hydrogens (tertiary/aromatic N) is 9. The van der Waals surface area contributed by atoms with Crippen LogP contribution in [0.15, 0.2) is 67.6 Å². The van der Waals surface area contributed by atoms with E-state index in [4.69, 9.17) is 28.5 Å². The standard InChI is InChI=1S/C51H72IN9O10/c1-32-26-50(6,66-9)46(70-48-44(64)41(25-33(2)69-48)58(8)23-17-39-28-60(57-56-39)24-18-38-16-10-11-20-54-38)35(4)43(63)36(5)47(65)71-49(52)51(7)45(34(3)42(32)62)61(68-31-67-51)22-13-12-21-59-29-40(55-30-59)37-15-14-19-53-27-37/h10-11,14-16,19-20,27-30,32-36,41,44-46,48-49,64H,12-13,17-18,21-26,31H2,1-9H3/t32-,33-,34+,35+,36-,41+,44-,45-,46-,48+,49+,50-,51+/m1/s1. The number of imidazole rings is 1. The van der Waals surface area contributed by atoms with Crippen molar-refractivity contribution in [3.8, 4) is 11.3 Å². The minimum Gasteiger partial charge on any atom is -0.448 e. The highest BCUT2D eigenvalue weighted by molar-refractivity contribution is 14.1. The van der Waals surface area contributed by atoms with Crippen LogP contribution in [0.1, 0.15) is 85.5 Å². The Labute approximate surface area is 430 Å². The molecule has 1 N–H and O–H groups in total. The maximum Gasteiger partial charge on any atom is 0.317 e. The second-order valence-electron chi connectivity index (χ2n) is 20.0. The number of carbonyl (C=O) groups is 3. The molecule has 4 aromatic heterocycles. The number of fused-ring (bicyclic) bond motifs is 1. The Kier molecular flexibility index (Phi) is 18.7. The fourth-order valence-electron chi connectivity index (χ4n) is 10.4. The zero-order valence-electron chi connectivity index (χ0n) is 42.5. The molecular formula is C51H72IN9O10. The maximum atomic E-state index is 14.9. The van der Waals surface area contributed by atoms with E-state index in [2.05, 4.69) is 30.2 Å². The van der Waals surface area contributed by atoms with Crippen LogP contribution in [0.4, 0.5) is 0 Å². The van der Waals surface area contributed by atoms with Crippen molar-refractivity contribution in [1.29, 1.82) is 0 Å². The quantitative estimate of drug-likeness (QED) is 0.0482. The second-order valence-corrected chi connectivity index (χ2v) is 21.2. The number of ether oxygens (including phenoxy) is 5. The van der Waals surface area contributed by atoms with Crippen LogP contribution in [0.25, 0.3) is 11.3 Å². The summed E-state index contributed by atoms with van der Waals surface area (Å²) >= 11 is 2.04. The van der Waals surface area contributed by atoms with Crippen molar-refractivity contribution >= 4 is 40.1 Å². The number of halogens is 1. The number of ketones is 2. The van der Waals surface area contributed by atoms with Gasteiger partial charge in [0.1, 0.15) is 23.4 Å². The van der Waals surface area contributed by atoms with Crippen molar-refractivity contribution in [3.05, 3.63) is 79.0 Å². The predicted molar refractivity (Wildman–Crippen MR) is 269 cm³/mol. The molecule has 19 nitrogen and oxygen atoms in total. The number of rotatable bonds is 16. The van der Waals surface area contributed by atoms with E-state index < -0.39 is 75.3 Å². The van der Waals surface area contributed by atoms with Gasteiger partial charge in [-0.15, -0.1) is 5.10 Å². The van der Waals surface area contributed by atoms with E-state index in [1.165, 1.54) is 14.0 Å². The summed E-state index contributed by atoms with van der Waals surface area (Å²) in [4.78, 5) is 65.0. The van der Waals surface area contributed by atoms with E-state index in [9.17, 15) is 19.5 Å². The Bertz CT molecular complexity index is 2360. The Morgan fingerprint density at radius 1 is 0.930 bits per heavy atom. The minimum atomic E-state index is -1.29. The van der Waals surface area contributed by atoms with Gasteiger partial charge in [-0.3, -0.25) is 33.9 Å². The van der Waals surface area contributed by atoms with Gasteiger partial charge in [-0.25, -0.2) is 4.98 Å². The summed E-state index contributed by atoms with van der Waals surface area (Å²) < 4.78 is 34.9. The normalized spacial score (nSPS) is 32.6. The molecule has 4 aromatic rings. The number of aliphatic hydroxyl groups excluding tert-OH is 1. The molecular weight excluding hydrogens is 1030 g/mol. The second kappa shape index (κ2) is 24.3. The Morgan fingerprint density at radius 3 is 2.45 bits per heavy atom. The molecule has 388 valence electrons. The summed E-state index contributed by atoms with van der Waals surface area (Å²) in [6, 6.07) is 8.62. The molecule has 13 atom stereocenters. The number of alkyl halides is 1. The smallest absolute Gasteiger partial charge is 0.317 e. The van der Waals surface area contributed by atoms with Crippen molar-refractivity contribution in [3.63, 3.8) is 0 Å². The van der Waals surface area contributed by atoms with Gasteiger partial charge < -0.3 is 38.3 Å². The summed E-state index contributed by atoms with van der Waals surface area (Å²) in [6.45, 7) is 14.7. The van der Waals surface area contributed by atoms with E-state index in [-0.39, 0.29) is 31.1 Å². The summed E-state index contributed by atoms with van der Waals surface area (Å²) in [7, 11) is 3.46. The van der Waals surface area contributed by atoms with E-state index in [0.29, 0.717) is 45.4 Å². The van der Waals surface area contributed by atoms with Crippen molar-refractivity contribution in [2.45, 2.75) is 152 Å². The van der Waals surface area contributed by atoms with Crippen LogP contribution in [0.5, 0.6) is 0 Å². The molecule has 3 aliphatic heterocycles. The number of pyridine rings is 2. The van der Waals surface area contributed by atoms with Gasteiger partial charge in [-0.05, 0) is 107 Å². The van der Waals surface area contributed by atoms with Crippen molar-refractivity contribution in [2.75, 3.05) is 34.0 Å². The van der Waals surface area contributed by atoms with E-state index in [1.54, 1.807) is 38.8 Å². The van der Waals surface area contributed by atoms with Gasteiger partial charge in [-0.2, -0.15) is 5.06 Å². The summed E-state index contributed by atoms with van der Waals surface area (Å²) in [6.07, 6.45) is 10.8. The highest BCUT2D eigenvalue weighted by atomic mass is 127. The van der Waals surface area contributed by atoms with Gasteiger partial charge in [0.2, 0.25) is 0 Å². The fourth-order valence-corrected chi connectivity index (χ4v) is 11.2. The lowest BCUT2D eigenvalue weighted by molar-refractivity contribution is -0.356. The van der Waals surface area contributed by atoms with Gasteiger partial charge in [-0.1, -0.05) is 32.1 Å². The highest BCUT2D eigenvalue weighted by Gasteiger charge is 2.56. The number of esters is 1. The molecule has 0 unspecified atom stereocenters. The topological polar surface area (TPSA) is 208 Å². The van der Waals surface area contributed by atoms with Gasteiger partial charge in [0.25, 0.3) is 0 Å². The zero-order valence-corrected chi connectivity index (χ0v) is 44.7. The number of aromatic nitrogens is 7. The summed E-state index contributed by atoms with van der Waals surface area (Å²) in [5.74, 6) is -4.77. The van der Waals surface area contributed by atoms with Crippen LogP contribution in [-0.4, -0.2) is 153 Å². The first kappa shape index (κ1) is 54.6. The molecule has 3 saturated heterocycles. The molecule has 7 rings (SSSR count). The lowest BCUT2D eigenvalue weighted by atomic mass is 9.74. The molecule has 0 spiro atoms. The Morgan fingerprint density at radius 2 is 1.72 bits per heavy atom. The van der Waals surface area contributed by atoms with Crippen LogP contribution in [0.2, 0.25) is 0 Å². The first-order chi connectivity index (χ1) is 33.9. The lowest BCUT2D eigenvalue weighted by Gasteiger charge is -2.51. The molecule has 3 aliphatic rings. The number of carbonyl (C=O) groups excluding carboxylic acids is 3. The minimum absolute atomic E-state index is 0.0967. The number of Topliss-reactive ketones (excluding diaryl/α,β-unsaturated/α-hetero) is 2. The molecule has 3 fully saturated rings. The predicted octanol–water partition coefficient (Wildman–Crippen LogP) is 5.52. The van der Waals surface area contributed by atoms with E-state index >= 15 is 0 Å². The SMILES string of the molecule is CO[C@]1(C)C[C@@H](C)C(=O)[C@H](C)[C@H]2N(CCCCn3cnc(-c4cccnc4)c3)OCO[C@]2(C)[C@@H](I)OC(=O)[C@H](C)C(=O)[C@H](C)[C@H]1O[C@@H]1O[C@H](C)C[C@H](N(C)CCc2cn(CCc3ccccn3)nn2)[C@H]1O. The van der Waals surface area contributed by atoms with E-state index in [1.807, 2.05) is 114 Å². The summed E-state index contributed by atoms with van der Waals surface area (Å²) in [5.41, 5.74) is 1.08. The summed E-state index contributed by atoms with van der Waals surface area (Å²) in [5, 5.41) is 22.6. The van der Waals surface area contributed by atoms with Crippen molar-refractivity contribution in [2.24, 2.45) is 23.7 Å². The first-order valence-electron chi connectivity index (χ1n) is 24.8. The monoisotopic (exact) mass is 1100 g/mol. The zero-order chi connectivity index (χ0) is 51.0. The average Bonchev–Trinajstić information content (AvgIpc) is 4.05. The average molecular weight is 1100 g/mol. The molecule has 0 aliphatic carbocycles. The van der Waals surface area contributed by atoms with Crippen molar-refractivity contribution < 1.29 is 48.0 Å². The number of aryl methyl sites for hydroxylation is 3. The van der Waals surface area contributed by atoms with Crippen LogP contribution >= 0.6 is 22.6 Å². The number of hydrogen-bond acceptors (Lipinski definition) is 17. The number of hydrogen-bond donors (Lipinski definition) is 1. The van der Waals surface area contributed by atoms with Crippen LogP contribution < -0.4 is 0 Å². The first-order valence-corrected chi connectivity index (χ1v) is 26.1. The van der Waals surface area contributed by atoms with Gasteiger partial charge >= 0.3 is 5.97 Å². The molecule has 0 aromatic carbocycles. The molecule has 0 radical (unpaired) electrons. The number of hydroxylamine groups is 2. The molecule has 0 saturated carbocycles. The number of cyclic esters (lactones) is 1. The van der Waals surface area contributed by atoms with Crippen molar-refractivity contribution in [1.82, 2.24) is 44.5 Å². The maximum absolute atomic E-state index is 14.9. The number of aliphatic hydroxyl groups is 1. The van der Waals surface area contributed by atoms with Gasteiger partial charge in [0.15, 0.2) is 23.0 Å². The van der Waals surface area contributed by atoms with Crippen LogP contribution in [0, 0.1) is 23.7 Å². The van der Waals surface area contributed by atoms with Crippen LogP contribution in [0.3, 0.4) is 0 Å². The largest absolute Gasteiger partial charge is 0.448 e. The third-order valence-corrected chi connectivity index (χ3v) is 16.2. The molecule has 7 heterocycles. The van der Waals surface area contributed by atoms with Gasteiger partial charge in [0.05, 0.1) is 41.6 Å². The number of methoxy groups -OCH3 is 1. The highest BCUT2D eigenvalue weighted by Crippen LogP contribution is 2.42.